The van der Waals surface area contributed by atoms with E-state index in [-0.39, 0.29) is 12.0 Å². The van der Waals surface area contributed by atoms with Crippen LogP contribution >= 0.6 is 11.3 Å². The molecule has 0 aliphatic carbocycles. The highest BCUT2D eigenvalue weighted by Gasteiger charge is 2.30. The van der Waals surface area contributed by atoms with Gasteiger partial charge in [0.15, 0.2) is 5.13 Å². The first-order valence-corrected chi connectivity index (χ1v) is 9.24. The standard InChI is InChI=1S/C18H19F3N2O2S/c19-18(20,21)13-4-1-3-12(9-13)10-15-11-22-17(26-15)23-16(24)7-6-14-5-2-8-25-14/h1,3-4,9,11,14H,2,5-8,10H2,(H,22,23,24). The van der Waals surface area contributed by atoms with Gasteiger partial charge < -0.3 is 10.1 Å². The van der Waals surface area contributed by atoms with Crippen LogP contribution in [0.3, 0.4) is 0 Å². The minimum absolute atomic E-state index is 0.125. The molecule has 0 spiro atoms. The Balaban J connectivity index is 1.53. The monoisotopic (exact) mass is 384 g/mol. The van der Waals surface area contributed by atoms with Crippen LogP contribution < -0.4 is 5.32 Å². The van der Waals surface area contributed by atoms with Crippen LogP contribution in [0.1, 0.15) is 41.7 Å². The van der Waals surface area contributed by atoms with Gasteiger partial charge in [0.1, 0.15) is 0 Å². The van der Waals surface area contributed by atoms with Crippen LogP contribution in [0.5, 0.6) is 0 Å². The first-order valence-electron chi connectivity index (χ1n) is 8.42. The number of rotatable bonds is 6. The SMILES string of the molecule is O=C(CCC1CCCO1)Nc1ncc(Cc2cccc(C(F)(F)F)c2)s1. The molecular formula is C18H19F3N2O2S. The molecule has 1 aliphatic rings. The molecule has 1 aliphatic heterocycles. The maximum Gasteiger partial charge on any atom is 0.416 e. The van der Waals surface area contributed by atoms with Gasteiger partial charge in [-0.1, -0.05) is 18.2 Å². The third-order valence-corrected chi connectivity index (χ3v) is 5.06. The number of alkyl halides is 3. The molecule has 1 aromatic heterocycles. The van der Waals surface area contributed by atoms with E-state index in [2.05, 4.69) is 10.3 Å². The second-order valence-electron chi connectivity index (χ2n) is 6.23. The van der Waals surface area contributed by atoms with Crippen molar-refractivity contribution in [2.75, 3.05) is 11.9 Å². The van der Waals surface area contributed by atoms with Crippen molar-refractivity contribution in [2.24, 2.45) is 0 Å². The number of nitrogens with zero attached hydrogens (tertiary/aromatic N) is 1. The number of ether oxygens (including phenoxy) is 1. The third-order valence-electron chi connectivity index (χ3n) is 4.15. The van der Waals surface area contributed by atoms with Gasteiger partial charge in [-0.15, -0.1) is 11.3 Å². The van der Waals surface area contributed by atoms with Gasteiger partial charge in [-0.2, -0.15) is 13.2 Å². The number of halogens is 3. The van der Waals surface area contributed by atoms with Crippen LogP contribution in [0.4, 0.5) is 18.3 Å². The summed E-state index contributed by atoms with van der Waals surface area (Å²) in [5, 5.41) is 3.20. The lowest BCUT2D eigenvalue weighted by Crippen LogP contribution is -2.15. The summed E-state index contributed by atoms with van der Waals surface area (Å²) >= 11 is 1.27. The molecule has 3 rings (SSSR count). The van der Waals surface area contributed by atoms with E-state index < -0.39 is 11.7 Å². The van der Waals surface area contributed by atoms with Gasteiger partial charge in [0.2, 0.25) is 5.91 Å². The second kappa shape index (κ2) is 8.18. The van der Waals surface area contributed by atoms with Gasteiger partial charge in [-0.25, -0.2) is 4.98 Å². The molecule has 2 heterocycles. The number of hydrogen-bond donors (Lipinski definition) is 1. The van der Waals surface area contributed by atoms with E-state index in [4.69, 9.17) is 4.74 Å². The van der Waals surface area contributed by atoms with E-state index in [1.807, 2.05) is 0 Å². The van der Waals surface area contributed by atoms with Crippen molar-refractivity contribution in [1.29, 1.82) is 0 Å². The molecule has 1 atom stereocenters. The average Bonchev–Trinajstić information content (AvgIpc) is 3.24. The zero-order valence-corrected chi connectivity index (χ0v) is 14.8. The summed E-state index contributed by atoms with van der Waals surface area (Å²) in [6, 6.07) is 5.23. The number of anilines is 1. The summed E-state index contributed by atoms with van der Waals surface area (Å²) in [4.78, 5) is 16.9. The Morgan fingerprint density at radius 3 is 2.96 bits per heavy atom. The molecule has 26 heavy (non-hydrogen) atoms. The molecule has 0 radical (unpaired) electrons. The Morgan fingerprint density at radius 1 is 1.38 bits per heavy atom. The predicted octanol–water partition coefficient (Wildman–Crippen LogP) is 4.65. The van der Waals surface area contributed by atoms with Gasteiger partial charge in [-0.3, -0.25) is 4.79 Å². The van der Waals surface area contributed by atoms with E-state index in [0.29, 0.717) is 30.0 Å². The van der Waals surface area contributed by atoms with Gasteiger partial charge >= 0.3 is 6.18 Å². The van der Waals surface area contributed by atoms with Crippen molar-refractivity contribution < 1.29 is 22.7 Å². The summed E-state index contributed by atoms with van der Waals surface area (Å²) < 4.78 is 43.8. The van der Waals surface area contributed by atoms with E-state index in [9.17, 15) is 18.0 Å². The zero-order valence-electron chi connectivity index (χ0n) is 14.0. The number of thiazole rings is 1. The van der Waals surface area contributed by atoms with Gasteiger partial charge in [0.25, 0.3) is 0 Å². The van der Waals surface area contributed by atoms with E-state index in [1.54, 1.807) is 12.3 Å². The first-order chi connectivity index (χ1) is 12.4. The van der Waals surface area contributed by atoms with E-state index >= 15 is 0 Å². The second-order valence-corrected chi connectivity index (χ2v) is 7.34. The molecule has 1 amide bonds. The lowest BCUT2D eigenvalue weighted by molar-refractivity contribution is -0.137. The largest absolute Gasteiger partial charge is 0.416 e. The summed E-state index contributed by atoms with van der Waals surface area (Å²) in [5.41, 5.74) is -0.109. The van der Waals surface area contributed by atoms with Gasteiger partial charge in [0.05, 0.1) is 11.7 Å². The normalized spacial score (nSPS) is 17.4. The summed E-state index contributed by atoms with van der Waals surface area (Å²) in [5.74, 6) is -0.125. The number of nitrogens with one attached hydrogen (secondary N) is 1. The van der Waals surface area contributed by atoms with Gasteiger partial charge in [-0.05, 0) is 30.9 Å². The Bertz CT molecular complexity index is 755. The lowest BCUT2D eigenvalue weighted by atomic mass is 10.1. The molecule has 140 valence electrons. The molecule has 1 N–H and O–H groups in total. The smallest absolute Gasteiger partial charge is 0.378 e. The highest BCUT2D eigenvalue weighted by atomic mass is 32.1. The van der Waals surface area contributed by atoms with Crippen molar-refractivity contribution in [3.63, 3.8) is 0 Å². The minimum atomic E-state index is -4.36. The highest BCUT2D eigenvalue weighted by molar-refractivity contribution is 7.15. The maximum absolute atomic E-state index is 12.8. The third kappa shape index (κ3) is 5.28. The van der Waals surface area contributed by atoms with Crippen LogP contribution in [0.25, 0.3) is 0 Å². The van der Waals surface area contributed by atoms with E-state index in [1.165, 1.54) is 17.4 Å². The van der Waals surface area contributed by atoms with Crippen molar-refractivity contribution in [2.45, 2.75) is 44.4 Å². The molecule has 0 bridgehead atoms. The number of carbonyl (C=O) groups excluding carboxylic acids is 1. The maximum atomic E-state index is 12.8. The Morgan fingerprint density at radius 2 is 2.23 bits per heavy atom. The summed E-state index contributed by atoms with van der Waals surface area (Å²) in [6.45, 7) is 0.762. The number of hydrogen-bond acceptors (Lipinski definition) is 4. The number of aromatic nitrogens is 1. The van der Waals surface area contributed by atoms with Gasteiger partial charge in [0, 0.05) is 30.5 Å². The molecular weight excluding hydrogens is 365 g/mol. The van der Waals surface area contributed by atoms with Crippen LogP contribution in [-0.4, -0.2) is 23.6 Å². The zero-order chi connectivity index (χ0) is 18.6. The number of benzene rings is 1. The molecule has 1 aromatic carbocycles. The van der Waals surface area contributed by atoms with Crippen molar-refractivity contribution in [3.8, 4) is 0 Å². The fourth-order valence-corrected chi connectivity index (χ4v) is 3.71. The Kier molecular flexibility index (Phi) is 5.93. The fourth-order valence-electron chi connectivity index (χ4n) is 2.85. The molecule has 4 nitrogen and oxygen atoms in total. The molecule has 1 unspecified atom stereocenters. The topological polar surface area (TPSA) is 51.2 Å². The predicted molar refractivity (Wildman–Crippen MR) is 93.2 cm³/mol. The number of carbonyl (C=O) groups is 1. The van der Waals surface area contributed by atoms with Crippen LogP contribution in [0, 0.1) is 0 Å². The molecule has 8 heteroatoms. The summed E-state index contributed by atoms with van der Waals surface area (Å²) in [7, 11) is 0. The molecule has 0 saturated carbocycles. The highest BCUT2D eigenvalue weighted by Crippen LogP contribution is 2.30. The van der Waals surface area contributed by atoms with E-state index in [0.717, 1.165) is 36.5 Å². The number of amides is 1. The molecule has 1 saturated heterocycles. The van der Waals surface area contributed by atoms with Crippen molar-refractivity contribution in [1.82, 2.24) is 4.98 Å². The van der Waals surface area contributed by atoms with Crippen LogP contribution in [0.15, 0.2) is 30.5 Å². The molecule has 2 aromatic rings. The molecule has 1 fully saturated rings. The van der Waals surface area contributed by atoms with Crippen molar-refractivity contribution >= 4 is 22.4 Å². The minimum Gasteiger partial charge on any atom is -0.378 e. The lowest BCUT2D eigenvalue weighted by Gasteiger charge is -2.08. The quantitative estimate of drug-likeness (QED) is 0.789. The summed E-state index contributed by atoms with van der Waals surface area (Å²) in [6.07, 6.45) is 0.818. The first kappa shape index (κ1) is 18.8. The van der Waals surface area contributed by atoms with Crippen LogP contribution in [0.2, 0.25) is 0 Å². The Hall–Kier alpha value is -1.93. The Labute approximate surface area is 153 Å². The average molecular weight is 384 g/mol. The van der Waals surface area contributed by atoms with Crippen molar-refractivity contribution in [3.05, 3.63) is 46.5 Å². The fraction of sp³-hybridized carbons (Fsp3) is 0.444. The van der Waals surface area contributed by atoms with Crippen LogP contribution in [-0.2, 0) is 22.1 Å².